The molecule has 1 amide bonds. The summed E-state index contributed by atoms with van der Waals surface area (Å²) in [6, 6.07) is 13.5. The number of aromatic nitrogens is 3. The average Bonchev–Trinajstić information content (AvgIpc) is 3.38. The third kappa shape index (κ3) is 2.77. The SMILES string of the molecule is Cc1oc(-n2cccc2)c(C#N)c1C(=O)NCc1nc2ccccc2n1C. The molecule has 0 saturated heterocycles. The molecule has 3 heterocycles. The van der Waals surface area contributed by atoms with Crippen molar-refractivity contribution >= 4 is 16.9 Å². The Balaban J connectivity index is 1.62. The van der Waals surface area contributed by atoms with E-state index in [2.05, 4.69) is 16.4 Å². The van der Waals surface area contributed by atoms with E-state index in [0.717, 1.165) is 16.9 Å². The van der Waals surface area contributed by atoms with Gasteiger partial charge in [-0.3, -0.25) is 9.36 Å². The summed E-state index contributed by atoms with van der Waals surface area (Å²) in [4.78, 5) is 17.3. The summed E-state index contributed by atoms with van der Waals surface area (Å²) < 4.78 is 9.30. The number of benzene rings is 1. The first-order valence-corrected chi connectivity index (χ1v) is 8.45. The zero-order valence-electron chi connectivity index (χ0n) is 14.9. The number of furan rings is 1. The van der Waals surface area contributed by atoms with Crippen LogP contribution in [0.4, 0.5) is 0 Å². The number of nitriles is 1. The highest BCUT2D eigenvalue weighted by atomic mass is 16.4. The van der Waals surface area contributed by atoms with Crippen LogP contribution < -0.4 is 5.32 Å². The van der Waals surface area contributed by atoms with Gasteiger partial charge in [-0.1, -0.05) is 12.1 Å². The molecule has 0 aliphatic rings. The predicted molar refractivity (Wildman–Crippen MR) is 99.4 cm³/mol. The Bertz CT molecular complexity index is 1180. The molecular formula is C20H17N5O2. The molecule has 0 radical (unpaired) electrons. The lowest BCUT2D eigenvalue weighted by molar-refractivity contribution is 0.0948. The van der Waals surface area contributed by atoms with Crippen molar-refractivity contribution in [3.05, 3.63) is 71.5 Å². The second kappa shape index (κ2) is 6.50. The molecule has 3 aromatic heterocycles. The molecule has 0 unspecified atom stereocenters. The van der Waals surface area contributed by atoms with Gasteiger partial charge >= 0.3 is 0 Å². The van der Waals surface area contributed by atoms with Crippen molar-refractivity contribution in [1.82, 2.24) is 19.4 Å². The molecule has 4 aromatic rings. The summed E-state index contributed by atoms with van der Waals surface area (Å²) in [5, 5.41) is 12.4. The fourth-order valence-electron chi connectivity index (χ4n) is 3.16. The van der Waals surface area contributed by atoms with Gasteiger partial charge in [0.2, 0.25) is 5.88 Å². The quantitative estimate of drug-likeness (QED) is 0.606. The monoisotopic (exact) mass is 359 g/mol. The van der Waals surface area contributed by atoms with Gasteiger partial charge in [-0.2, -0.15) is 5.26 Å². The largest absolute Gasteiger partial charge is 0.443 e. The number of hydrogen-bond acceptors (Lipinski definition) is 4. The first-order valence-electron chi connectivity index (χ1n) is 8.45. The molecule has 1 N–H and O–H groups in total. The highest BCUT2D eigenvalue weighted by Crippen LogP contribution is 2.25. The van der Waals surface area contributed by atoms with Gasteiger partial charge in [-0.25, -0.2) is 4.98 Å². The highest BCUT2D eigenvalue weighted by molar-refractivity contribution is 5.98. The Morgan fingerprint density at radius 2 is 2.00 bits per heavy atom. The standard InChI is InChI=1S/C20H17N5O2/c1-13-18(14(11-21)20(27-13)25-9-5-6-10-25)19(26)22-12-17-23-15-7-3-4-8-16(15)24(17)2/h3-10H,12H2,1-2H3,(H,22,26). The highest BCUT2D eigenvalue weighted by Gasteiger charge is 2.24. The van der Waals surface area contributed by atoms with Crippen LogP contribution in [-0.4, -0.2) is 20.0 Å². The zero-order chi connectivity index (χ0) is 19.0. The summed E-state index contributed by atoms with van der Waals surface area (Å²) >= 11 is 0. The number of nitrogens with zero attached hydrogens (tertiary/aromatic N) is 4. The lowest BCUT2D eigenvalue weighted by Gasteiger charge is -2.05. The molecule has 7 heteroatoms. The topological polar surface area (TPSA) is 88.8 Å². The van der Waals surface area contributed by atoms with E-state index in [9.17, 15) is 10.1 Å². The molecule has 0 bridgehead atoms. The van der Waals surface area contributed by atoms with E-state index in [0.29, 0.717) is 11.6 Å². The number of fused-ring (bicyclic) bond motifs is 1. The van der Waals surface area contributed by atoms with Crippen LogP contribution >= 0.6 is 0 Å². The Kier molecular flexibility index (Phi) is 4.01. The summed E-state index contributed by atoms with van der Waals surface area (Å²) in [5.74, 6) is 1.11. The number of hydrogen-bond donors (Lipinski definition) is 1. The van der Waals surface area contributed by atoms with Gasteiger partial charge in [0.15, 0.2) is 0 Å². The molecular weight excluding hydrogens is 342 g/mol. The Labute approximate surface area is 155 Å². The minimum absolute atomic E-state index is 0.214. The normalized spacial score (nSPS) is 10.9. The van der Waals surface area contributed by atoms with E-state index in [1.807, 2.05) is 48.0 Å². The third-order valence-corrected chi connectivity index (χ3v) is 4.53. The second-order valence-corrected chi connectivity index (χ2v) is 6.17. The van der Waals surface area contributed by atoms with E-state index >= 15 is 0 Å². The van der Waals surface area contributed by atoms with Gasteiger partial charge in [0.25, 0.3) is 5.91 Å². The number of nitrogens with one attached hydrogen (secondary N) is 1. The lowest BCUT2D eigenvalue weighted by Crippen LogP contribution is -2.25. The maximum absolute atomic E-state index is 12.8. The summed E-state index contributed by atoms with van der Waals surface area (Å²) in [6.45, 7) is 1.93. The molecule has 0 aliphatic carbocycles. The molecule has 0 aliphatic heterocycles. The smallest absolute Gasteiger partial charge is 0.256 e. The number of carbonyl (C=O) groups excluding carboxylic acids is 1. The van der Waals surface area contributed by atoms with Crippen LogP contribution in [0, 0.1) is 18.3 Å². The zero-order valence-corrected chi connectivity index (χ0v) is 14.9. The number of imidazole rings is 1. The summed E-state index contributed by atoms with van der Waals surface area (Å²) in [5.41, 5.74) is 2.33. The summed E-state index contributed by atoms with van der Waals surface area (Å²) in [7, 11) is 1.91. The van der Waals surface area contributed by atoms with Gasteiger partial charge in [-0.05, 0) is 31.2 Å². The van der Waals surface area contributed by atoms with Crippen molar-refractivity contribution in [3.63, 3.8) is 0 Å². The van der Waals surface area contributed by atoms with Crippen molar-refractivity contribution in [2.24, 2.45) is 7.05 Å². The van der Waals surface area contributed by atoms with Crippen LogP contribution in [-0.2, 0) is 13.6 Å². The van der Waals surface area contributed by atoms with E-state index in [-0.39, 0.29) is 23.6 Å². The Morgan fingerprint density at radius 3 is 2.70 bits per heavy atom. The molecule has 134 valence electrons. The molecule has 0 atom stereocenters. The van der Waals surface area contributed by atoms with Crippen LogP contribution in [0.2, 0.25) is 0 Å². The molecule has 0 saturated carbocycles. The molecule has 0 spiro atoms. The fraction of sp³-hybridized carbons (Fsp3) is 0.150. The minimum Gasteiger partial charge on any atom is -0.443 e. The predicted octanol–water partition coefficient (Wildman–Crippen LogP) is 3.07. The molecule has 27 heavy (non-hydrogen) atoms. The lowest BCUT2D eigenvalue weighted by atomic mass is 10.1. The van der Waals surface area contributed by atoms with E-state index in [4.69, 9.17) is 4.42 Å². The molecule has 7 nitrogen and oxygen atoms in total. The van der Waals surface area contributed by atoms with Crippen molar-refractivity contribution in [2.75, 3.05) is 0 Å². The van der Waals surface area contributed by atoms with Gasteiger partial charge < -0.3 is 14.3 Å². The Hall–Kier alpha value is -3.79. The average molecular weight is 359 g/mol. The fourth-order valence-corrected chi connectivity index (χ4v) is 3.16. The van der Waals surface area contributed by atoms with E-state index in [1.54, 1.807) is 23.9 Å². The van der Waals surface area contributed by atoms with E-state index < -0.39 is 0 Å². The van der Waals surface area contributed by atoms with Crippen molar-refractivity contribution in [3.8, 4) is 12.0 Å². The van der Waals surface area contributed by atoms with Gasteiger partial charge in [-0.15, -0.1) is 0 Å². The number of para-hydroxylation sites is 2. The van der Waals surface area contributed by atoms with Gasteiger partial charge in [0.1, 0.15) is 28.8 Å². The van der Waals surface area contributed by atoms with Crippen LogP contribution in [0.5, 0.6) is 0 Å². The van der Waals surface area contributed by atoms with Crippen LogP contribution in [0.3, 0.4) is 0 Å². The maximum atomic E-state index is 12.8. The number of carbonyl (C=O) groups is 1. The van der Waals surface area contributed by atoms with Gasteiger partial charge in [0.05, 0.1) is 17.6 Å². The molecule has 1 aromatic carbocycles. The van der Waals surface area contributed by atoms with E-state index in [1.165, 1.54) is 0 Å². The van der Waals surface area contributed by atoms with Crippen molar-refractivity contribution < 1.29 is 9.21 Å². The van der Waals surface area contributed by atoms with Gasteiger partial charge in [0, 0.05) is 19.4 Å². The third-order valence-electron chi connectivity index (χ3n) is 4.53. The molecule has 0 fully saturated rings. The molecule has 4 rings (SSSR count). The maximum Gasteiger partial charge on any atom is 0.256 e. The number of aryl methyl sites for hydroxylation is 2. The summed E-state index contributed by atoms with van der Waals surface area (Å²) in [6.07, 6.45) is 3.53. The first kappa shape index (κ1) is 16.7. The van der Waals surface area contributed by atoms with Crippen LogP contribution in [0.15, 0.2) is 53.2 Å². The number of amides is 1. The van der Waals surface area contributed by atoms with Crippen molar-refractivity contribution in [2.45, 2.75) is 13.5 Å². The minimum atomic E-state index is -0.363. The number of rotatable bonds is 4. The first-order chi connectivity index (χ1) is 13.1. The van der Waals surface area contributed by atoms with Crippen LogP contribution in [0.1, 0.15) is 27.5 Å². The van der Waals surface area contributed by atoms with Crippen LogP contribution in [0.25, 0.3) is 16.9 Å². The van der Waals surface area contributed by atoms with Crippen molar-refractivity contribution in [1.29, 1.82) is 5.26 Å². The second-order valence-electron chi connectivity index (χ2n) is 6.17. The Morgan fingerprint density at radius 1 is 1.26 bits per heavy atom.